The number of piperazine rings is 1. The topological polar surface area (TPSA) is 41.4 Å². The summed E-state index contributed by atoms with van der Waals surface area (Å²) in [7, 11) is 0. The fourth-order valence-corrected chi connectivity index (χ4v) is 3.47. The van der Waals surface area contributed by atoms with Gasteiger partial charge in [-0.25, -0.2) is 4.98 Å². The highest BCUT2D eigenvalue weighted by Gasteiger charge is 2.23. The lowest BCUT2D eigenvalue weighted by atomic mass is 10.1. The molecule has 1 aliphatic heterocycles. The van der Waals surface area contributed by atoms with Crippen LogP contribution in [-0.2, 0) is 11.2 Å². The van der Waals surface area contributed by atoms with E-state index in [1.807, 2.05) is 47.6 Å². The first kappa shape index (κ1) is 17.3. The van der Waals surface area contributed by atoms with Crippen molar-refractivity contribution in [2.24, 2.45) is 0 Å². The van der Waals surface area contributed by atoms with Crippen LogP contribution in [0.1, 0.15) is 11.1 Å². The zero-order valence-corrected chi connectivity index (χ0v) is 15.6. The molecule has 0 atom stereocenters. The third kappa shape index (κ3) is 3.87. The first-order valence-electron chi connectivity index (χ1n) is 9.38. The summed E-state index contributed by atoms with van der Waals surface area (Å²) < 4.78 is 2.11. The molecule has 0 bridgehead atoms. The average molecular weight is 360 g/mol. The summed E-state index contributed by atoms with van der Waals surface area (Å²) in [6, 6.07) is 18.4. The van der Waals surface area contributed by atoms with E-state index in [1.165, 1.54) is 5.56 Å². The highest BCUT2D eigenvalue weighted by Crippen LogP contribution is 2.20. The largest absolute Gasteiger partial charge is 0.339 e. The Hall–Kier alpha value is -3.08. The lowest BCUT2D eigenvalue weighted by molar-refractivity contribution is -0.130. The second-order valence-corrected chi connectivity index (χ2v) is 6.96. The van der Waals surface area contributed by atoms with Crippen molar-refractivity contribution < 1.29 is 4.79 Å². The van der Waals surface area contributed by atoms with Crippen LogP contribution in [0.4, 0.5) is 5.95 Å². The Kier molecular flexibility index (Phi) is 4.92. The first-order valence-corrected chi connectivity index (χ1v) is 9.38. The van der Waals surface area contributed by atoms with Crippen LogP contribution in [0.5, 0.6) is 0 Å². The van der Waals surface area contributed by atoms with Crippen LogP contribution in [0.15, 0.2) is 67.0 Å². The molecule has 0 unspecified atom stereocenters. The molecule has 1 saturated heterocycles. The summed E-state index contributed by atoms with van der Waals surface area (Å²) >= 11 is 0. The fourth-order valence-electron chi connectivity index (χ4n) is 3.47. The SMILES string of the molecule is Cc1ccc(-n2ccnc2N2CCN(C(=O)Cc3ccccc3)CC2)cc1. The number of amides is 1. The second kappa shape index (κ2) is 7.66. The molecule has 1 fully saturated rings. The van der Waals surface area contributed by atoms with Gasteiger partial charge in [0.25, 0.3) is 0 Å². The molecule has 1 aromatic heterocycles. The van der Waals surface area contributed by atoms with Crippen LogP contribution in [0.2, 0.25) is 0 Å². The van der Waals surface area contributed by atoms with Gasteiger partial charge in [-0.1, -0.05) is 48.0 Å². The van der Waals surface area contributed by atoms with E-state index < -0.39 is 0 Å². The van der Waals surface area contributed by atoms with Crippen molar-refractivity contribution in [3.05, 3.63) is 78.1 Å². The molecule has 1 aliphatic rings. The van der Waals surface area contributed by atoms with Crippen molar-refractivity contribution in [1.82, 2.24) is 14.5 Å². The van der Waals surface area contributed by atoms with Crippen LogP contribution in [-0.4, -0.2) is 46.5 Å². The van der Waals surface area contributed by atoms with Crippen molar-refractivity contribution in [2.45, 2.75) is 13.3 Å². The number of aryl methyl sites for hydroxylation is 1. The predicted octanol–water partition coefficient (Wildman–Crippen LogP) is 3.07. The van der Waals surface area contributed by atoms with Crippen LogP contribution in [0.3, 0.4) is 0 Å². The van der Waals surface area contributed by atoms with E-state index in [2.05, 4.69) is 45.6 Å². The number of hydrogen-bond donors (Lipinski definition) is 0. The Morgan fingerprint density at radius 1 is 0.963 bits per heavy atom. The van der Waals surface area contributed by atoms with Crippen LogP contribution >= 0.6 is 0 Å². The van der Waals surface area contributed by atoms with Crippen LogP contribution in [0.25, 0.3) is 5.69 Å². The highest BCUT2D eigenvalue weighted by atomic mass is 16.2. The molecule has 4 rings (SSSR count). The number of benzene rings is 2. The molecule has 1 amide bonds. The number of anilines is 1. The quantitative estimate of drug-likeness (QED) is 0.718. The Morgan fingerprint density at radius 2 is 1.67 bits per heavy atom. The summed E-state index contributed by atoms with van der Waals surface area (Å²) in [6.07, 6.45) is 4.30. The second-order valence-electron chi connectivity index (χ2n) is 6.96. The van der Waals surface area contributed by atoms with E-state index in [9.17, 15) is 4.79 Å². The zero-order chi connectivity index (χ0) is 18.6. The normalized spacial score (nSPS) is 14.4. The van der Waals surface area contributed by atoms with E-state index in [4.69, 9.17) is 0 Å². The van der Waals surface area contributed by atoms with E-state index >= 15 is 0 Å². The molecule has 0 aliphatic carbocycles. The number of carbonyl (C=O) groups excluding carboxylic acids is 1. The molecule has 0 saturated carbocycles. The van der Waals surface area contributed by atoms with Crippen LogP contribution < -0.4 is 4.90 Å². The number of carbonyl (C=O) groups is 1. The smallest absolute Gasteiger partial charge is 0.227 e. The lowest BCUT2D eigenvalue weighted by Crippen LogP contribution is -2.49. The van der Waals surface area contributed by atoms with E-state index in [1.54, 1.807) is 0 Å². The summed E-state index contributed by atoms with van der Waals surface area (Å²) in [5.41, 5.74) is 3.42. The van der Waals surface area contributed by atoms with Gasteiger partial charge in [-0.2, -0.15) is 0 Å². The van der Waals surface area contributed by atoms with Gasteiger partial charge in [0.1, 0.15) is 0 Å². The minimum absolute atomic E-state index is 0.197. The number of hydrogen-bond acceptors (Lipinski definition) is 3. The van der Waals surface area contributed by atoms with Gasteiger partial charge < -0.3 is 9.80 Å². The highest BCUT2D eigenvalue weighted by molar-refractivity contribution is 5.79. The standard InChI is InChI=1S/C22H24N4O/c1-18-7-9-20(10-8-18)26-12-11-23-22(26)25-15-13-24(14-16-25)21(27)17-19-5-3-2-4-6-19/h2-12H,13-17H2,1H3. The van der Waals surface area contributed by atoms with Crippen molar-refractivity contribution in [3.63, 3.8) is 0 Å². The van der Waals surface area contributed by atoms with Gasteiger partial charge in [-0.05, 0) is 24.6 Å². The van der Waals surface area contributed by atoms with Gasteiger partial charge in [-0.15, -0.1) is 0 Å². The lowest BCUT2D eigenvalue weighted by Gasteiger charge is -2.35. The molecule has 138 valence electrons. The maximum Gasteiger partial charge on any atom is 0.227 e. The summed E-state index contributed by atoms with van der Waals surface area (Å²) in [6.45, 7) is 5.13. The van der Waals surface area contributed by atoms with Crippen molar-refractivity contribution >= 4 is 11.9 Å². The van der Waals surface area contributed by atoms with Gasteiger partial charge in [0.15, 0.2) is 0 Å². The Labute approximate surface area is 159 Å². The molecule has 0 spiro atoms. The molecular weight excluding hydrogens is 336 g/mol. The Morgan fingerprint density at radius 3 is 2.37 bits per heavy atom. The van der Waals surface area contributed by atoms with Gasteiger partial charge in [0, 0.05) is 44.3 Å². The number of nitrogens with zero attached hydrogens (tertiary/aromatic N) is 4. The van der Waals surface area contributed by atoms with Crippen molar-refractivity contribution in [2.75, 3.05) is 31.1 Å². The minimum atomic E-state index is 0.197. The molecule has 5 nitrogen and oxygen atoms in total. The van der Waals surface area contributed by atoms with E-state index in [-0.39, 0.29) is 5.91 Å². The molecule has 5 heteroatoms. The number of aromatic nitrogens is 2. The predicted molar refractivity (Wildman–Crippen MR) is 107 cm³/mol. The molecule has 2 aromatic carbocycles. The molecule has 0 radical (unpaired) electrons. The van der Waals surface area contributed by atoms with Gasteiger partial charge in [-0.3, -0.25) is 9.36 Å². The molecule has 27 heavy (non-hydrogen) atoms. The third-order valence-electron chi connectivity index (χ3n) is 5.05. The number of rotatable bonds is 4. The molecule has 3 aromatic rings. The minimum Gasteiger partial charge on any atom is -0.339 e. The Balaban J connectivity index is 1.41. The van der Waals surface area contributed by atoms with Crippen molar-refractivity contribution in [1.29, 1.82) is 0 Å². The Bertz CT molecular complexity index is 894. The molecule has 2 heterocycles. The average Bonchev–Trinajstić information content (AvgIpc) is 3.19. The van der Waals surface area contributed by atoms with Gasteiger partial charge >= 0.3 is 0 Å². The molecule has 0 N–H and O–H groups in total. The summed E-state index contributed by atoms with van der Waals surface area (Å²) in [4.78, 5) is 21.3. The fraction of sp³-hybridized carbons (Fsp3) is 0.273. The maximum atomic E-state index is 12.6. The maximum absolute atomic E-state index is 12.6. The first-order chi connectivity index (χ1) is 13.2. The van der Waals surface area contributed by atoms with Crippen molar-refractivity contribution in [3.8, 4) is 5.69 Å². The van der Waals surface area contributed by atoms with Crippen LogP contribution in [0, 0.1) is 6.92 Å². The van der Waals surface area contributed by atoms with Gasteiger partial charge in [0.05, 0.1) is 6.42 Å². The zero-order valence-electron chi connectivity index (χ0n) is 15.6. The third-order valence-corrected chi connectivity index (χ3v) is 5.05. The summed E-state index contributed by atoms with van der Waals surface area (Å²) in [5, 5.41) is 0. The van der Waals surface area contributed by atoms with E-state index in [0.717, 1.165) is 43.4 Å². The number of imidazole rings is 1. The van der Waals surface area contributed by atoms with E-state index in [0.29, 0.717) is 6.42 Å². The molecular formula is C22H24N4O. The van der Waals surface area contributed by atoms with Gasteiger partial charge in [0.2, 0.25) is 11.9 Å². The monoisotopic (exact) mass is 360 g/mol. The summed E-state index contributed by atoms with van der Waals surface area (Å²) in [5.74, 6) is 1.14.